The van der Waals surface area contributed by atoms with Gasteiger partial charge < -0.3 is 25.4 Å². The molecule has 3 N–H and O–H groups in total. The molecule has 0 spiro atoms. The first-order valence-electron chi connectivity index (χ1n) is 15.1. The van der Waals surface area contributed by atoms with Gasteiger partial charge in [-0.3, -0.25) is 14.4 Å². The van der Waals surface area contributed by atoms with Crippen LogP contribution in [-0.4, -0.2) is 41.7 Å². The molecule has 9 nitrogen and oxygen atoms in total. The number of carbonyl (C=O) groups is 3. The maximum absolute atomic E-state index is 13.4. The van der Waals surface area contributed by atoms with Crippen molar-refractivity contribution in [1.29, 1.82) is 0 Å². The number of amides is 3. The standard InChI is InChI=1S/C37H34N4O5S2/c1-4-46-29-18-14-25(15-19-29)32-23-47-37(40-32)41-34(42)24(2)48-30-20-16-28(17-21-30)38-36(44)31(22-27-12-8-9-13-33(27)45-3)39-35(43)26-10-6-5-7-11-26/h5-24H,4H2,1-3H3,(H,38,44)(H,39,43)(H,40,41,42)/b31-22-. The summed E-state index contributed by atoms with van der Waals surface area (Å²) in [6, 6.07) is 30.7. The number of methoxy groups -OCH3 is 1. The first-order valence-corrected chi connectivity index (χ1v) is 16.9. The summed E-state index contributed by atoms with van der Waals surface area (Å²) in [5, 5.41) is 10.5. The van der Waals surface area contributed by atoms with Gasteiger partial charge in [-0.15, -0.1) is 23.1 Å². The molecule has 1 aromatic heterocycles. The number of benzene rings is 4. The second-order valence-electron chi connectivity index (χ2n) is 10.3. The van der Waals surface area contributed by atoms with E-state index in [1.54, 1.807) is 61.7 Å². The van der Waals surface area contributed by atoms with Gasteiger partial charge in [0.25, 0.3) is 11.8 Å². The molecule has 0 radical (unpaired) electrons. The molecule has 0 aliphatic heterocycles. The van der Waals surface area contributed by atoms with Crippen LogP contribution >= 0.6 is 23.1 Å². The molecule has 0 aliphatic carbocycles. The van der Waals surface area contributed by atoms with Crippen LogP contribution in [0.4, 0.5) is 10.8 Å². The molecule has 1 atom stereocenters. The predicted octanol–water partition coefficient (Wildman–Crippen LogP) is 7.75. The summed E-state index contributed by atoms with van der Waals surface area (Å²) in [4.78, 5) is 44.8. The molecule has 0 saturated heterocycles. The molecule has 0 bridgehead atoms. The van der Waals surface area contributed by atoms with Crippen molar-refractivity contribution in [3.63, 3.8) is 0 Å². The van der Waals surface area contributed by atoms with E-state index in [2.05, 4.69) is 20.9 Å². The van der Waals surface area contributed by atoms with Crippen LogP contribution in [0.25, 0.3) is 17.3 Å². The third kappa shape index (κ3) is 9.11. The lowest BCUT2D eigenvalue weighted by molar-refractivity contribution is -0.115. The number of ether oxygens (including phenoxy) is 2. The van der Waals surface area contributed by atoms with Crippen LogP contribution < -0.4 is 25.4 Å². The molecule has 5 aromatic rings. The van der Waals surface area contributed by atoms with E-state index in [4.69, 9.17) is 9.47 Å². The molecule has 244 valence electrons. The molecule has 48 heavy (non-hydrogen) atoms. The van der Waals surface area contributed by atoms with Crippen molar-refractivity contribution in [3.05, 3.63) is 125 Å². The Hall–Kier alpha value is -5.39. The number of aromatic nitrogens is 1. The molecule has 5 rings (SSSR count). The van der Waals surface area contributed by atoms with Crippen molar-refractivity contribution in [2.45, 2.75) is 24.0 Å². The van der Waals surface area contributed by atoms with Gasteiger partial charge in [0, 0.05) is 32.7 Å². The van der Waals surface area contributed by atoms with Crippen LogP contribution in [-0.2, 0) is 9.59 Å². The Balaban J connectivity index is 1.21. The van der Waals surface area contributed by atoms with Crippen LogP contribution in [0, 0.1) is 0 Å². The third-order valence-corrected chi connectivity index (χ3v) is 8.83. The zero-order valence-electron chi connectivity index (χ0n) is 26.6. The average Bonchev–Trinajstić information content (AvgIpc) is 3.58. The Labute approximate surface area is 287 Å². The smallest absolute Gasteiger partial charge is 0.272 e. The first-order chi connectivity index (χ1) is 23.3. The van der Waals surface area contributed by atoms with Gasteiger partial charge in [-0.25, -0.2) is 4.98 Å². The van der Waals surface area contributed by atoms with Gasteiger partial charge >= 0.3 is 0 Å². The Bertz CT molecular complexity index is 1890. The van der Waals surface area contributed by atoms with E-state index < -0.39 is 17.1 Å². The summed E-state index contributed by atoms with van der Waals surface area (Å²) in [5.74, 6) is 0.246. The summed E-state index contributed by atoms with van der Waals surface area (Å²) in [7, 11) is 1.54. The van der Waals surface area contributed by atoms with Crippen molar-refractivity contribution in [2.75, 3.05) is 24.4 Å². The fourth-order valence-corrected chi connectivity index (χ4v) is 6.11. The number of carbonyl (C=O) groups excluding carboxylic acids is 3. The Morgan fingerprint density at radius 3 is 2.31 bits per heavy atom. The van der Waals surface area contributed by atoms with E-state index in [1.807, 2.05) is 73.8 Å². The minimum Gasteiger partial charge on any atom is -0.496 e. The second kappa shape index (κ2) is 16.4. The molecule has 0 fully saturated rings. The van der Waals surface area contributed by atoms with Gasteiger partial charge in [-0.2, -0.15) is 0 Å². The van der Waals surface area contributed by atoms with Crippen molar-refractivity contribution >= 4 is 57.7 Å². The molecular formula is C37H34N4O5S2. The molecule has 11 heteroatoms. The summed E-state index contributed by atoms with van der Waals surface area (Å²) in [6.45, 7) is 4.36. The van der Waals surface area contributed by atoms with E-state index in [-0.39, 0.29) is 11.6 Å². The van der Waals surface area contributed by atoms with Crippen molar-refractivity contribution in [3.8, 4) is 22.8 Å². The summed E-state index contributed by atoms with van der Waals surface area (Å²) >= 11 is 2.75. The van der Waals surface area contributed by atoms with Gasteiger partial charge in [0.2, 0.25) is 5.91 Å². The van der Waals surface area contributed by atoms with Gasteiger partial charge in [0.05, 0.1) is 24.7 Å². The predicted molar refractivity (Wildman–Crippen MR) is 193 cm³/mol. The van der Waals surface area contributed by atoms with Crippen LogP contribution in [0.5, 0.6) is 11.5 Å². The summed E-state index contributed by atoms with van der Waals surface area (Å²) < 4.78 is 10.9. The van der Waals surface area contributed by atoms with Crippen LogP contribution in [0.2, 0.25) is 0 Å². The number of thiazole rings is 1. The van der Waals surface area contributed by atoms with Gasteiger partial charge in [0.1, 0.15) is 17.2 Å². The molecule has 0 aliphatic rings. The minimum absolute atomic E-state index is 0.0463. The maximum atomic E-state index is 13.4. The van der Waals surface area contributed by atoms with Gasteiger partial charge in [-0.05, 0) is 86.7 Å². The van der Waals surface area contributed by atoms with E-state index >= 15 is 0 Å². The molecule has 1 heterocycles. The fourth-order valence-electron chi connectivity index (χ4n) is 4.52. The number of nitrogens with zero attached hydrogens (tertiary/aromatic N) is 1. The Kier molecular flexibility index (Phi) is 11.6. The molecular weight excluding hydrogens is 645 g/mol. The number of anilines is 2. The number of hydrogen-bond acceptors (Lipinski definition) is 8. The summed E-state index contributed by atoms with van der Waals surface area (Å²) in [5.41, 5.74) is 3.32. The van der Waals surface area contributed by atoms with E-state index in [0.29, 0.717) is 34.3 Å². The third-order valence-electron chi connectivity index (χ3n) is 6.96. The zero-order valence-corrected chi connectivity index (χ0v) is 28.2. The Morgan fingerprint density at radius 2 is 1.60 bits per heavy atom. The largest absolute Gasteiger partial charge is 0.496 e. The Morgan fingerprint density at radius 1 is 0.896 bits per heavy atom. The molecule has 4 aromatic carbocycles. The average molecular weight is 679 g/mol. The highest BCUT2D eigenvalue weighted by Crippen LogP contribution is 2.29. The minimum atomic E-state index is -0.508. The van der Waals surface area contributed by atoms with Crippen LogP contribution in [0.15, 0.2) is 119 Å². The second-order valence-corrected chi connectivity index (χ2v) is 12.6. The lowest BCUT2D eigenvalue weighted by atomic mass is 10.1. The van der Waals surface area contributed by atoms with Gasteiger partial charge in [0.15, 0.2) is 5.13 Å². The van der Waals surface area contributed by atoms with Crippen LogP contribution in [0.3, 0.4) is 0 Å². The van der Waals surface area contributed by atoms with E-state index in [1.165, 1.54) is 23.1 Å². The zero-order chi connectivity index (χ0) is 33.9. The number of rotatable bonds is 13. The first kappa shape index (κ1) is 34.0. The van der Waals surface area contributed by atoms with E-state index in [9.17, 15) is 14.4 Å². The lowest BCUT2D eigenvalue weighted by Crippen LogP contribution is -2.30. The maximum Gasteiger partial charge on any atom is 0.272 e. The van der Waals surface area contributed by atoms with E-state index in [0.717, 1.165) is 21.9 Å². The normalized spacial score (nSPS) is 11.7. The van der Waals surface area contributed by atoms with Crippen molar-refractivity contribution in [2.24, 2.45) is 0 Å². The number of para-hydroxylation sites is 1. The topological polar surface area (TPSA) is 119 Å². The van der Waals surface area contributed by atoms with Crippen LogP contribution in [0.1, 0.15) is 29.8 Å². The quantitative estimate of drug-likeness (QED) is 0.0861. The highest BCUT2D eigenvalue weighted by Gasteiger charge is 2.18. The SMILES string of the molecule is CCOc1ccc(-c2csc(NC(=O)C(C)Sc3ccc(NC(=O)/C(=C/c4ccccc4OC)NC(=O)c4ccccc4)cc3)n2)cc1. The molecule has 3 amide bonds. The van der Waals surface area contributed by atoms with Gasteiger partial charge in [-0.1, -0.05) is 36.4 Å². The number of nitrogens with one attached hydrogen (secondary N) is 3. The highest BCUT2D eigenvalue weighted by molar-refractivity contribution is 8.00. The molecule has 1 unspecified atom stereocenters. The fraction of sp³-hybridized carbons (Fsp3) is 0.135. The highest BCUT2D eigenvalue weighted by atomic mass is 32.2. The van der Waals surface area contributed by atoms with Crippen molar-refractivity contribution in [1.82, 2.24) is 10.3 Å². The monoisotopic (exact) mass is 678 g/mol. The number of thioether (sulfide) groups is 1. The summed E-state index contributed by atoms with van der Waals surface area (Å²) in [6.07, 6.45) is 1.57. The lowest BCUT2D eigenvalue weighted by Gasteiger charge is -2.13. The van der Waals surface area contributed by atoms with Crippen molar-refractivity contribution < 1.29 is 23.9 Å². The number of hydrogen-bond donors (Lipinski definition) is 3. The molecule has 0 saturated carbocycles.